The van der Waals surface area contributed by atoms with E-state index < -0.39 is 5.60 Å². The van der Waals surface area contributed by atoms with Gasteiger partial charge in [-0.15, -0.1) is 5.10 Å². The Morgan fingerprint density at radius 3 is 3.08 bits per heavy atom. The minimum Gasteiger partial charge on any atom is -0.484 e. The van der Waals surface area contributed by atoms with Crippen molar-refractivity contribution in [2.75, 3.05) is 19.7 Å². The van der Waals surface area contributed by atoms with E-state index in [1.54, 1.807) is 22.0 Å². The summed E-state index contributed by atoms with van der Waals surface area (Å²) in [6, 6.07) is 7.60. The van der Waals surface area contributed by atoms with Crippen LogP contribution in [-0.4, -0.2) is 56.2 Å². The van der Waals surface area contributed by atoms with Crippen LogP contribution >= 0.6 is 0 Å². The van der Waals surface area contributed by atoms with Crippen molar-refractivity contribution in [3.63, 3.8) is 0 Å². The topological polar surface area (TPSA) is 80.5 Å². The fourth-order valence-electron chi connectivity index (χ4n) is 3.01. The Balaban J connectivity index is 1.56. The quantitative estimate of drug-likeness (QED) is 0.885. The lowest BCUT2D eigenvalue weighted by Gasteiger charge is -2.39. The SMILES string of the molecule is Cc1cccc(OCC(=O)N2CCCC(O)(Cn3ccnn3)C2)c1. The number of benzene rings is 1. The second-order valence-electron chi connectivity index (χ2n) is 6.35. The number of likely N-dealkylation sites (tertiary alicyclic amines) is 1. The molecule has 0 spiro atoms. The number of β-amino-alcohol motifs (C(OH)–C–C–N with tert-alkyl or cyclic N) is 1. The third kappa shape index (κ3) is 4.11. The van der Waals surface area contributed by atoms with Crippen molar-refractivity contribution in [1.82, 2.24) is 19.9 Å². The Morgan fingerprint density at radius 2 is 2.33 bits per heavy atom. The molecule has 2 aromatic rings. The van der Waals surface area contributed by atoms with Crippen LogP contribution in [0, 0.1) is 6.92 Å². The normalized spacial score (nSPS) is 20.8. The zero-order valence-electron chi connectivity index (χ0n) is 13.8. The van der Waals surface area contributed by atoms with Crippen molar-refractivity contribution < 1.29 is 14.6 Å². The van der Waals surface area contributed by atoms with Gasteiger partial charge < -0.3 is 14.7 Å². The molecule has 128 valence electrons. The van der Waals surface area contributed by atoms with Gasteiger partial charge in [-0.05, 0) is 37.5 Å². The van der Waals surface area contributed by atoms with Crippen molar-refractivity contribution in [1.29, 1.82) is 0 Å². The van der Waals surface area contributed by atoms with Crippen LogP contribution in [0.2, 0.25) is 0 Å². The first-order valence-electron chi connectivity index (χ1n) is 8.08. The van der Waals surface area contributed by atoms with Crippen molar-refractivity contribution in [2.24, 2.45) is 0 Å². The molecule has 0 radical (unpaired) electrons. The van der Waals surface area contributed by atoms with Gasteiger partial charge in [0.15, 0.2) is 6.61 Å². The maximum Gasteiger partial charge on any atom is 0.260 e. The Bertz CT molecular complexity index is 689. The maximum absolute atomic E-state index is 12.4. The molecule has 1 N–H and O–H groups in total. The van der Waals surface area contributed by atoms with Gasteiger partial charge in [0.1, 0.15) is 11.4 Å². The predicted octanol–water partition coefficient (Wildman–Crippen LogP) is 1.02. The monoisotopic (exact) mass is 330 g/mol. The molecule has 24 heavy (non-hydrogen) atoms. The summed E-state index contributed by atoms with van der Waals surface area (Å²) < 4.78 is 7.17. The molecule has 7 nitrogen and oxygen atoms in total. The fourth-order valence-corrected chi connectivity index (χ4v) is 3.01. The van der Waals surface area contributed by atoms with E-state index in [4.69, 9.17) is 4.74 Å². The average molecular weight is 330 g/mol. The molecule has 1 saturated heterocycles. The van der Waals surface area contributed by atoms with E-state index in [1.807, 2.05) is 31.2 Å². The molecule has 0 bridgehead atoms. The molecule has 1 amide bonds. The third-order valence-corrected chi connectivity index (χ3v) is 4.19. The molecule has 2 heterocycles. The largest absolute Gasteiger partial charge is 0.484 e. The number of aliphatic hydroxyl groups is 1. The van der Waals surface area contributed by atoms with Crippen LogP contribution in [0.25, 0.3) is 0 Å². The van der Waals surface area contributed by atoms with E-state index in [0.717, 1.165) is 12.0 Å². The van der Waals surface area contributed by atoms with E-state index in [9.17, 15) is 9.90 Å². The van der Waals surface area contributed by atoms with Gasteiger partial charge >= 0.3 is 0 Å². The molecule has 7 heteroatoms. The highest BCUT2D eigenvalue weighted by atomic mass is 16.5. The minimum atomic E-state index is -0.981. The van der Waals surface area contributed by atoms with E-state index in [2.05, 4.69) is 10.3 Å². The lowest BCUT2D eigenvalue weighted by Crippen LogP contribution is -2.53. The average Bonchev–Trinajstić information content (AvgIpc) is 3.05. The van der Waals surface area contributed by atoms with Gasteiger partial charge in [0.05, 0.1) is 19.3 Å². The van der Waals surface area contributed by atoms with E-state index >= 15 is 0 Å². The number of hydrogen-bond donors (Lipinski definition) is 1. The van der Waals surface area contributed by atoms with Crippen LogP contribution in [0.4, 0.5) is 0 Å². The first-order chi connectivity index (χ1) is 11.5. The molecule has 0 aliphatic carbocycles. The lowest BCUT2D eigenvalue weighted by atomic mass is 9.93. The van der Waals surface area contributed by atoms with Crippen LogP contribution in [0.15, 0.2) is 36.7 Å². The first kappa shape index (κ1) is 16.4. The second-order valence-corrected chi connectivity index (χ2v) is 6.35. The van der Waals surface area contributed by atoms with Gasteiger partial charge in [-0.2, -0.15) is 0 Å². The van der Waals surface area contributed by atoms with E-state index in [0.29, 0.717) is 25.3 Å². The highest BCUT2D eigenvalue weighted by molar-refractivity contribution is 5.78. The van der Waals surface area contributed by atoms with Gasteiger partial charge in [0.2, 0.25) is 0 Å². The molecule has 1 aromatic carbocycles. The summed E-state index contributed by atoms with van der Waals surface area (Å²) in [6.45, 7) is 3.19. The third-order valence-electron chi connectivity index (χ3n) is 4.19. The molecule has 3 rings (SSSR count). The summed E-state index contributed by atoms with van der Waals surface area (Å²) in [5.74, 6) is 0.562. The zero-order chi connectivity index (χ0) is 17.0. The second kappa shape index (κ2) is 7.00. The number of ether oxygens (including phenoxy) is 1. The number of nitrogens with zero attached hydrogens (tertiary/aromatic N) is 4. The molecular weight excluding hydrogens is 308 g/mol. The Hall–Kier alpha value is -2.41. The van der Waals surface area contributed by atoms with Gasteiger partial charge in [-0.25, -0.2) is 4.68 Å². The van der Waals surface area contributed by atoms with E-state index in [-0.39, 0.29) is 19.1 Å². The van der Waals surface area contributed by atoms with Crippen LogP contribution in [0.5, 0.6) is 5.75 Å². The number of carbonyl (C=O) groups excluding carboxylic acids is 1. The minimum absolute atomic E-state index is 0.0249. The fraction of sp³-hybridized carbons (Fsp3) is 0.471. The van der Waals surface area contributed by atoms with Gasteiger partial charge in [0, 0.05) is 12.7 Å². The Morgan fingerprint density at radius 1 is 1.46 bits per heavy atom. The van der Waals surface area contributed by atoms with Crippen LogP contribution in [0.3, 0.4) is 0 Å². The molecular formula is C17H22N4O3. The molecule has 1 unspecified atom stereocenters. The summed E-state index contributed by atoms with van der Waals surface area (Å²) in [5.41, 5.74) is 0.102. The highest BCUT2D eigenvalue weighted by Crippen LogP contribution is 2.23. The molecule has 1 atom stereocenters. The summed E-state index contributed by atoms with van der Waals surface area (Å²) in [7, 11) is 0. The Kier molecular flexibility index (Phi) is 4.80. The predicted molar refractivity (Wildman–Crippen MR) is 87.5 cm³/mol. The van der Waals surface area contributed by atoms with Gasteiger partial charge in [0.25, 0.3) is 5.91 Å². The highest BCUT2D eigenvalue weighted by Gasteiger charge is 2.36. The van der Waals surface area contributed by atoms with E-state index in [1.165, 1.54) is 0 Å². The van der Waals surface area contributed by atoms with Gasteiger partial charge in [-0.3, -0.25) is 4.79 Å². The smallest absolute Gasteiger partial charge is 0.260 e. The molecule has 0 saturated carbocycles. The maximum atomic E-state index is 12.4. The summed E-state index contributed by atoms with van der Waals surface area (Å²) in [5, 5.41) is 18.4. The number of rotatable bonds is 5. The summed E-state index contributed by atoms with van der Waals surface area (Å²) in [4.78, 5) is 14.1. The number of aryl methyl sites for hydroxylation is 1. The number of amides is 1. The molecule has 1 aromatic heterocycles. The van der Waals surface area contributed by atoms with Crippen molar-refractivity contribution in [3.8, 4) is 5.75 Å². The summed E-state index contributed by atoms with van der Waals surface area (Å²) in [6.07, 6.45) is 4.67. The van der Waals surface area contributed by atoms with Crippen molar-refractivity contribution >= 4 is 5.91 Å². The molecule has 1 fully saturated rings. The standard InChI is InChI=1S/C17H22N4O3/c1-14-4-2-5-15(10-14)24-11-16(22)20-8-3-6-17(23,12-20)13-21-9-7-18-19-21/h2,4-5,7,9-10,23H,3,6,8,11-13H2,1H3. The summed E-state index contributed by atoms with van der Waals surface area (Å²) >= 11 is 0. The Labute approximate surface area is 140 Å². The van der Waals surface area contributed by atoms with Crippen LogP contribution in [0.1, 0.15) is 18.4 Å². The van der Waals surface area contributed by atoms with Crippen molar-refractivity contribution in [3.05, 3.63) is 42.2 Å². The number of aromatic nitrogens is 3. The zero-order valence-corrected chi connectivity index (χ0v) is 13.8. The number of hydrogen-bond acceptors (Lipinski definition) is 5. The lowest BCUT2D eigenvalue weighted by molar-refractivity contribution is -0.141. The number of carbonyl (C=O) groups is 1. The van der Waals surface area contributed by atoms with Crippen LogP contribution < -0.4 is 4.74 Å². The number of piperidine rings is 1. The van der Waals surface area contributed by atoms with Crippen molar-refractivity contribution in [2.45, 2.75) is 31.9 Å². The molecule has 1 aliphatic heterocycles. The van der Waals surface area contributed by atoms with Gasteiger partial charge in [-0.1, -0.05) is 17.3 Å². The first-order valence-corrected chi connectivity index (χ1v) is 8.08. The van der Waals surface area contributed by atoms with Crippen LogP contribution in [-0.2, 0) is 11.3 Å². The molecule has 1 aliphatic rings.